The van der Waals surface area contributed by atoms with E-state index in [9.17, 15) is 0 Å². The van der Waals surface area contributed by atoms with Crippen LogP contribution in [0.25, 0.3) is 17.2 Å². The first-order valence-electron chi connectivity index (χ1n) is 6.80. The number of rotatable bonds is 4. The van der Waals surface area contributed by atoms with Gasteiger partial charge in [-0.3, -0.25) is 0 Å². The Morgan fingerprint density at radius 1 is 1.10 bits per heavy atom. The van der Waals surface area contributed by atoms with Crippen LogP contribution in [0.1, 0.15) is 5.56 Å². The van der Waals surface area contributed by atoms with E-state index in [2.05, 4.69) is 39.2 Å². The second-order valence-electron chi connectivity index (χ2n) is 4.97. The van der Waals surface area contributed by atoms with Crippen LogP contribution in [0.2, 0.25) is 0 Å². The summed E-state index contributed by atoms with van der Waals surface area (Å²) < 4.78 is 2.02. The van der Waals surface area contributed by atoms with Gasteiger partial charge in [-0.05, 0) is 5.56 Å². The van der Waals surface area contributed by atoms with Gasteiger partial charge >= 0.3 is 0 Å². The van der Waals surface area contributed by atoms with Crippen molar-refractivity contribution in [1.29, 1.82) is 0 Å². The SMILES string of the molecule is CN(C)c1ncnc2c1ncn2CC=Cc1ccccc1. The van der Waals surface area contributed by atoms with E-state index in [-0.39, 0.29) is 0 Å². The lowest BCUT2D eigenvalue weighted by molar-refractivity contribution is 0.839. The normalized spacial score (nSPS) is 11.3. The van der Waals surface area contributed by atoms with Crippen LogP contribution in [-0.4, -0.2) is 33.6 Å². The number of hydrogen-bond donors (Lipinski definition) is 0. The van der Waals surface area contributed by atoms with Crippen LogP contribution in [0.15, 0.2) is 49.1 Å². The molecule has 0 radical (unpaired) electrons. The average molecular weight is 279 g/mol. The summed E-state index contributed by atoms with van der Waals surface area (Å²) in [6.07, 6.45) is 7.59. The molecule has 5 heteroatoms. The first kappa shape index (κ1) is 13.3. The van der Waals surface area contributed by atoms with Crippen molar-refractivity contribution in [2.45, 2.75) is 6.54 Å². The van der Waals surface area contributed by atoms with Crippen LogP contribution >= 0.6 is 0 Å². The lowest BCUT2D eigenvalue weighted by Crippen LogP contribution is -2.11. The van der Waals surface area contributed by atoms with E-state index >= 15 is 0 Å². The predicted molar refractivity (Wildman–Crippen MR) is 85.1 cm³/mol. The molecule has 0 N–H and O–H groups in total. The minimum absolute atomic E-state index is 0.731. The van der Waals surface area contributed by atoms with Gasteiger partial charge in [-0.15, -0.1) is 0 Å². The summed E-state index contributed by atoms with van der Waals surface area (Å²) in [5.41, 5.74) is 2.87. The third-order valence-corrected chi connectivity index (χ3v) is 3.22. The summed E-state index contributed by atoms with van der Waals surface area (Å²) in [5.74, 6) is 0.839. The van der Waals surface area contributed by atoms with Gasteiger partial charge in [-0.2, -0.15) is 0 Å². The maximum absolute atomic E-state index is 4.43. The molecular formula is C16H17N5. The molecule has 0 aliphatic carbocycles. The van der Waals surface area contributed by atoms with Gasteiger partial charge in [-0.25, -0.2) is 15.0 Å². The van der Waals surface area contributed by atoms with E-state index in [0.29, 0.717) is 0 Å². The minimum atomic E-state index is 0.731. The van der Waals surface area contributed by atoms with Gasteiger partial charge in [0, 0.05) is 20.6 Å². The fraction of sp³-hybridized carbons (Fsp3) is 0.188. The van der Waals surface area contributed by atoms with E-state index in [1.165, 1.54) is 5.56 Å². The number of imidazole rings is 1. The first-order valence-corrected chi connectivity index (χ1v) is 6.80. The highest BCUT2D eigenvalue weighted by Gasteiger charge is 2.10. The van der Waals surface area contributed by atoms with Crippen LogP contribution in [0, 0.1) is 0 Å². The Morgan fingerprint density at radius 3 is 2.67 bits per heavy atom. The van der Waals surface area contributed by atoms with E-state index in [1.807, 2.05) is 48.1 Å². The van der Waals surface area contributed by atoms with Gasteiger partial charge in [0.1, 0.15) is 6.33 Å². The lowest BCUT2D eigenvalue weighted by atomic mass is 10.2. The summed E-state index contributed by atoms with van der Waals surface area (Å²) in [6.45, 7) is 0.731. The molecule has 2 aromatic heterocycles. The van der Waals surface area contributed by atoms with Crippen LogP contribution in [0.5, 0.6) is 0 Å². The van der Waals surface area contributed by atoms with Crippen molar-refractivity contribution in [2.75, 3.05) is 19.0 Å². The molecular weight excluding hydrogens is 262 g/mol. The van der Waals surface area contributed by atoms with Crippen LogP contribution < -0.4 is 4.90 Å². The fourth-order valence-electron chi connectivity index (χ4n) is 2.20. The third kappa shape index (κ3) is 2.76. The monoisotopic (exact) mass is 279 g/mol. The van der Waals surface area contributed by atoms with Crippen molar-refractivity contribution < 1.29 is 0 Å². The van der Waals surface area contributed by atoms with Crippen molar-refractivity contribution in [2.24, 2.45) is 0 Å². The Kier molecular flexibility index (Phi) is 3.64. The fourth-order valence-corrected chi connectivity index (χ4v) is 2.20. The molecule has 5 nitrogen and oxygen atoms in total. The first-order chi connectivity index (χ1) is 10.3. The highest BCUT2D eigenvalue weighted by molar-refractivity contribution is 5.83. The van der Waals surface area contributed by atoms with Gasteiger partial charge in [0.25, 0.3) is 0 Å². The number of allylic oxidation sites excluding steroid dienone is 1. The number of hydrogen-bond acceptors (Lipinski definition) is 4. The molecule has 0 fully saturated rings. The molecule has 0 amide bonds. The third-order valence-electron chi connectivity index (χ3n) is 3.22. The molecule has 106 valence electrons. The molecule has 0 atom stereocenters. The van der Waals surface area contributed by atoms with Crippen molar-refractivity contribution in [3.8, 4) is 0 Å². The summed E-state index contributed by atoms with van der Waals surface area (Å²) >= 11 is 0. The van der Waals surface area contributed by atoms with Gasteiger partial charge in [-0.1, -0.05) is 42.5 Å². The summed E-state index contributed by atoms with van der Waals surface area (Å²) in [4.78, 5) is 15.0. The number of fused-ring (bicyclic) bond motifs is 1. The lowest BCUT2D eigenvalue weighted by Gasteiger charge is -2.10. The second-order valence-corrected chi connectivity index (χ2v) is 4.97. The molecule has 0 saturated heterocycles. The molecule has 0 unspecified atom stereocenters. The van der Waals surface area contributed by atoms with Crippen molar-refractivity contribution in [3.05, 3.63) is 54.6 Å². The van der Waals surface area contributed by atoms with E-state index in [0.717, 1.165) is 23.5 Å². The van der Waals surface area contributed by atoms with E-state index < -0.39 is 0 Å². The molecule has 2 heterocycles. The smallest absolute Gasteiger partial charge is 0.165 e. The predicted octanol–water partition coefficient (Wildman–Crippen LogP) is 2.61. The summed E-state index contributed by atoms with van der Waals surface area (Å²) in [6, 6.07) is 10.2. The number of nitrogens with zero attached hydrogens (tertiary/aromatic N) is 5. The van der Waals surface area contributed by atoms with Gasteiger partial charge in [0.15, 0.2) is 17.0 Å². The van der Waals surface area contributed by atoms with Crippen molar-refractivity contribution >= 4 is 23.1 Å². The van der Waals surface area contributed by atoms with Crippen LogP contribution in [-0.2, 0) is 6.54 Å². The molecule has 0 spiro atoms. The Hall–Kier alpha value is -2.69. The van der Waals surface area contributed by atoms with Gasteiger partial charge < -0.3 is 9.47 Å². The highest BCUT2D eigenvalue weighted by atomic mass is 15.2. The number of benzene rings is 1. The molecule has 0 aliphatic heterocycles. The van der Waals surface area contributed by atoms with E-state index in [1.54, 1.807) is 6.33 Å². The Labute approximate surface area is 123 Å². The Morgan fingerprint density at radius 2 is 1.90 bits per heavy atom. The van der Waals surface area contributed by atoms with Crippen molar-refractivity contribution in [1.82, 2.24) is 19.5 Å². The molecule has 0 aliphatic rings. The molecule has 3 rings (SSSR count). The van der Waals surface area contributed by atoms with Crippen LogP contribution in [0.4, 0.5) is 5.82 Å². The Bertz CT molecular complexity index is 759. The Balaban J connectivity index is 1.85. The van der Waals surface area contributed by atoms with Crippen molar-refractivity contribution in [3.63, 3.8) is 0 Å². The van der Waals surface area contributed by atoms with Gasteiger partial charge in [0.05, 0.1) is 6.33 Å². The zero-order chi connectivity index (χ0) is 14.7. The van der Waals surface area contributed by atoms with E-state index in [4.69, 9.17) is 0 Å². The quantitative estimate of drug-likeness (QED) is 0.736. The molecule has 1 aromatic carbocycles. The molecule has 0 saturated carbocycles. The average Bonchev–Trinajstić information content (AvgIpc) is 2.91. The summed E-state index contributed by atoms with van der Waals surface area (Å²) in [5, 5.41) is 0. The largest absolute Gasteiger partial charge is 0.361 e. The van der Waals surface area contributed by atoms with Crippen LogP contribution in [0.3, 0.4) is 0 Å². The number of anilines is 1. The summed E-state index contributed by atoms with van der Waals surface area (Å²) in [7, 11) is 3.91. The maximum Gasteiger partial charge on any atom is 0.165 e. The number of aromatic nitrogens is 4. The topological polar surface area (TPSA) is 46.8 Å². The van der Waals surface area contributed by atoms with Gasteiger partial charge in [0.2, 0.25) is 0 Å². The second kappa shape index (κ2) is 5.75. The maximum atomic E-state index is 4.43. The zero-order valence-corrected chi connectivity index (χ0v) is 12.1. The minimum Gasteiger partial charge on any atom is -0.361 e. The molecule has 0 bridgehead atoms. The highest BCUT2D eigenvalue weighted by Crippen LogP contribution is 2.19. The zero-order valence-electron chi connectivity index (χ0n) is 12.1. The molecule has 3 aromatic rings. The molecule has 21 heavy (non-hydrogen) atoms. The standard InChI is InChI=1S/C16H17N5/c1-20(2)15-14-16(18-11-17-15)21(12-19-14)10-6-9-13-7-4-3-5-8-13/h3-9,11-12H,10H2,1-2H3.